The van der Waals surface area contributed by atoms with Crippen LogP contribution in [-0.2, 0) is 0 Å². The van der Waals surface area contributed by atoms with Crippen LogP contribution >= 0.6 is 15.9 Å². The SMILES string of the molecule is Cc1c(Br)cccc1C(=O)N(CC#N)C(C)C. The fraction of sp³-hybridized carbons (Fsp3) is 0.385. The van der Waals surface area contributed by atoms with Gasteiger partial charge in [-0.1, -0.05) is 22.0 Å². The zero-order valence-electron chi connectivity index (χ0n) is 10.2. The highest BCUT2D eigenvalue weighted by Gasteiger charge is 2.20. The maximum absolute atomic E-state index is 12.3. The van der Waals surface area contributed by atoms with E-state index in [1.165, 1.54) is 0 Å². The first-order chi connectivity index (χ1) is 7.99. The zero-order chi connectivity index (χ0) is 13.0. The average Bonchev–Trinajstić information content (AvgIpc) is 2.28. The Hall–Kier alpha value is -1.34. The highest BCUT2D eigenvalue weighted by Crippen LogP contribution is 2.21. The minimum Gasteiger partial charge on any atom is -0.323 e. The second kappa shape index (κ2) is 5.83. The lowest BCUT2D eigenvalue weighted by atomic mass is 10.1. The molecule has 0 unspecified atom stereocenters. The Labute approximate surface area is 110 Å². The van der Waals surface area contributed by atoms with E-state index in [2.05, 4.69) is 15.9 Å². The Kier molecular flexibility index (Phi) is 4.71. The summed E-state index contributed by atoms with van der Waals surface area (Å²) in [5.74, 6) is -0.0969. The maximum atomic E-state index is 12.3. The van der Waals surface area contributed by atoms with Crippen LogP contribution < -0.4 is 0 Å². The Morgan fingerprint density at radius 3 is 2.71 bits per heavy atom. The van der Waals surface area contributed by atoms with Gasteiger partial charge >= 0.3 is 0 Å². The van der Waals surface area contributed by atoms with E-state index in [1.807, 2.05) is 39.0 Å². The Morgan fingerprint density at radius 1 is 1.53 bits per heavy atom. The summed E-state index contributed by atoms with van der Waals surface area (Å²) >= 11 is 3.40. The van der Waals surface area contributed by atoms with Crippen molar-refractivity contribution in [1.29, 1.82) is 5.26 Å². The lowest BCUT2D eigenvalue weighted by Gasteiger charge is -2.24. The van der Waals surface area contributed by atoms with Crippen LogP contribution in [0.2, 0.25) is 0 Å². The number of benzene rings is 1. The van der Waals surface area contributed by atoms with Crippen molar-refractivity contribution in [3.63, 3.8) is 0 Å². The van der Waals surface area contributed by atoms with E-state index in [-0.39, 0.29) is 18.5 Å². The summed E-state index contributed by atoms with van der Waals surface area (Å²) in [6, 6.07) is 7.56. The highest BCUT2D eigenvalue weighted by molar-refractivity contribution is 9.10. The summed E-state index contributed by atoms with van der Waals surface area (Å²) in [7, 11) is 0. The Morgan fingerprint density at radius 2 is 2.18 bits per heavy atom. The highest BCUT2D eigenvalue weighted by atomic mass is 79.9. The molecule has 0 N–H and O–H groups in total. The van der Waals surface area contributed by atoms with Crippen molar-refractivity contribution in [1.82, 2.24) is 4.90 Å². The van der Waals surface area contributed by atoms with Crippen LogP contribution in [0, 0.1) is 18.3 Å². The number of amides is 1. The molecule has 0 heterocycles. The summed E-state index contributed by atoms with van der Waals surface area (Å²) in [6.07, 6.45) is 0. The topological polar surface area (TPSA) is 44.1 Å². The molecule has 0 aliphatic carbocycles. The fourth-order valence-electron chi connectivity index (χ4n) is 1.56. The molecule has 0 aromatic heterocycles. The molecule has 0 aliphatic heterocycles. The number of nitriles is 1. The van der Waals surface area contributed by atoms with Gasteiger partial charge in [-0.15, -0.1) is 0 Å². The van der Waals surface area contributed by atoms with Gasteiger partial charge in [0, 0.05) is 16.1 Å². The van der Waals surface area contributed by atoms with Gasteiger partial charge in [-0.3, -0.25) is 4.79 Å². The van der Waals surface area contributed by atoms with Crippen LogP contribution in [0.15, 0.2) is 22.7 Å². The Bertz CT molecular complexity index is 463. The molecule has 4 heteroatoms. The predicted molar refractivity (Wildman–Crippen MR) is 70.7 cm³/mol. The third-order valence-electron chi connectivity index (χ3n) is 2.62. The van der Waals surface area contributed by atoms with Crippen LogP contribution in [0.25, 0.3) is 0 Å². The molecule has 1 aromatic rings. The summed E-state index contributed by atoms with van der Waals surface area (Å²) < 4.78 is 0.906. The van der Waals surface area contributed by atoms with Crippen LogP contribution in [0.5, 0.6) is 0 Å². The van der Waals surface area contributed by atoms with Crippen LogP contribution in [0.1, 0.15) is 29.8 Å². The molecule has 0 spiro atoms. The smallest absolute Gasteiger partial charge is 0.255 e. The third-order valence-corrected chi connectivity index (χ3v) is 3.48. The molecule has 0 fully saturated rings. The maximum Gasteiger partial charge on any atom is 0.255 e. The third kappa shape index (κ3) is 3.07. The zero-order valence-corrected chi connectivity index (χ0v) is 11.8. The monoisotopic (exact) mass is 294 g/mol. The molecule has 1 amide bonds. The molecule has 1 aromatic carbocycles. The molecule has 0 atom stereocenters. The predicted octanol–water partition coefficient (Wildman–Crippen LogP) is 3.13. The van der Waals surface area contributed by atoms with Crippen LogP contribution in [0.3, 0.4) is 0 Å². The number of halogens is 1. The Balaban J connectivity index is 3.11. The first-order valence-electron chi connectivity index (χ1n) is 5.42. The molecule has 0 saturated heterocycles. The summed E-state index contributed by atoms with van der Waals surface area (Å²) in [5.41, 5.74) is 1.55. The van der Waals surface area contributed by atoms with Crippen molar-refractivity contribution in [3.05, 3.63) is 33.8 Å². The lowest BCUT2D eigenvalue weighted by molar-refractivity contribution is 0.0730. The van der Waals surface area contributed by atoms with E-state index in [1.54, 1.807) is 11.0 Å². The molecule has 0 bridgehead atoms. The summed E-state index contributed by atoms with van der Waals surface area (Å²) in [5, 5.41) is 8.75. The number of nitrogens with zero attached hydrogens (tertiary/aromatic N) is 2. The number of hydrogen-bond acceptors (Lipinski definition) is 2. The van der Waals surface area contributed by atoms with Gasteiger partial charge in [0.25, 0.3) is 5.91 Å². The number of rotatable bonds is 3. The van der Waals surface area contributed by atoms with Crippen LogP contribution in [-0.4, -0.2) is 23.4 Å². The van der Waals surface area contributed by atoms with Crippen molar-refractivity contribution in [2.45, 2.75) is 26.8 Å². The van der Waals surface area contributed by atoms with Gasteiger partial charge in [0.1, 0.15) is 6.54 Å². The van der Waals surface area contributed by atoms with Crippen molar-refractivity contribution in [2.24, 2.45) is 0 Å². The van der Waals surface area contributed by atoms with Gasteiger partial charge in [-0.25, -0.2) is 0 Å². The lowest BCUT2D eigenvalue weighted by Crippen LogP contribution is -2.37. The molecule has 3 nitrogen and oxygen atoms in total. The minimum absolute atomic E-state index is 0.0144. The van der Waals surface area contributed by atoms with Crippen LogP contribution in [0.4, 0.5) is 0 Å². The van der Waals surface area contributed by atoms with Gasteiger partial charge in [-0.05, 0) is 38.5 Å². The molecule has 17 heavy (non-hydrogen) atoms. The quantitative estimate of drug-likeness (QED) is 0.804. The van der Waals surface area contributed by atoms with Gasteiger partial charge in [0.15, 0.2) is 0 Å². The summed E-state index contributed by atoms with van der Waals surface area (Å²) in [6.45, 7) is 5.82. The van der Waals surface area contributed by atoms with Gasteiger partial charge in [-0.2, -0.15) is 5.26 Å². The standard InChI is InChI=1S/C13H15BrN2O/c1-9(2)16(8-7-15)13(17)11-5-4-6-12(14)10(11)3/h4-6,9H,8H2,1-3H3. The average molecular weight is 295 g/mol. The first-order valence-corrected chi connectivity index (χ1v) is 6.21. The normalized spacial score (nSPS) is 10.1. The number of hydrogen-bond donors (Lipinski definition) is 0. The fourth-order valence-corrected chi connectivity index (χ4v) is 1.93. The van der Waals surface area contributed by atoms with E-state index >= 15 is 0 Å². The molecule has 0 aliphatic rings. The van der Waals surface area contributed by atoms with Crippen molar-refractivity contribution >= 4 is 21.8 Å². The number of carbonyl (C=O) groups is 1. The van der Waals surface area contributed by atoms with E-state index in [0.29, 0.717) is 5.56 Å². The second-order valence-corrected chi connectivity index (χ2v) is 4.95. The largest absolute Gasteiger partial charge is 0.323 e. The summed E-state index contributed by atoms with van der Waals surface area (Å²) in [4.78, 5) is 13.9. The second-order valence-electron chi connectivity index (χ2n) is 4.10. The molecular weight excluding hydrogens is 280 g/mol. The van der Waals surface area contributed by atoms with E-state index < -0.39 is 0 Å². The van der Waals surface area contributed by atoms with E-state index in [9.17, 15) is 4.79 Å². The minimum atomic E-state index is -0.0969. The molecular formula is C13H15BrN2O. The van der Waals surface area contributed by atoms with Crippen molar-refractivity contribution in [3.8, 4) is 6.07 Å². The molecule has 0 saturated carbocycles. The number of carbonyl (C=O) groups excluding carboxylic acids is 1. The molecule has 90 valence electrons. The van der Waals surface area contributed by atoms with Gasteiger partial charge in [0.2, 0.25) is 0 Å². The van der Waals surface area contributed by atoms with E-state index in [0.717, 1.165) is 10.0 Å². The van der Waals surface area contributed by atoms with Gasteiger partial charge in [0.05, 0.1) is 6.07 Å². The molecule has 0 radical (unpaired) electrons. The van der Waals surface area contributed by atoms with E-state index in [4.69, 9.17) is 5.26 Å². The molecule has 1 rings (SSSR count). The van der Waals surface area contributed by atoms with Gasteiger partial charge < -0.3 is 4.90 Å². The van der Waals surface area contributed by atoms with Crippen molar-refractivity contribution in [2.75, 3.05) is 6.54 Å². The first kappa shape index (κ1) is 13.7. The van der Waals surface area contributed by atoms with Crippen molar-refractivity contribution < 1.29 is 4.79 Å².